The summed E-state index contributed by atoms with van der Waals surface area (Å²) < 4.78 is 0. The summed E-state index contributed by atoms with van der Waals surface area (Å²) in [6.45, 7) is 1.92. The van der Waals surface area contributed by atoms with E-state index >= 15 is 0 Å². The zero-order valence-electron chi connectivity index (χ0n) is 9.02. The molecule has 0 aliphatic rings. The topological polar surface area (TPSA) is 38.9 Å². The van der Waals surface area contributed by atoms with E-state index in [0.29, 0.717) is 5.02 Å². The van der Waals surface area contributed by atoms with Crippen molar-refractivity contribution in [2.24, 2.45) is 5.73 Å². The van der Waals surface area contributed by atoms with Crippen LogP contribution in [0.5, 0.6) is 0 Å². The third-order valence-corrected chi connectivity index (χ3v) is 2.78. The van der Waals surface area contributed by atoms with Gasteiger partial charge in [0, 0.05) is 22.8 Å². The summed E-state index contributed by atoms with van der Waals surface area (Å²) in [6, 6.07) is 11.6. The molecular formula is C13H13ClN2. The fraction of sp³-hybridized carbons (Fsp3) is 0.154. The normalized spacial score (nSPS) is 12.4. The van der Waals surface area contributed by atoms with Crippen molar-refractivity contribution in [3.05, 3.63) is 53.2 Å². The molecule has 1 aromatic heterocycles. The van der Waals surface area contributed by atoms with Gasteiger partial charge in [0.05, 0.1) is 5.69 Å². The molecule has 1 atom stereocenters. The van der Waals surface area contributed by atoms with Gasteiger partial charge in [-0.3, -0.25) is 4.98 Å². The summed E-state index contributed by atoms with van der Waals surface area (Å²) in [5.74, 6) is 0. The van der Waals surface area contributed by atoms with Gasteiger partial charge in [-0.2, -0.15) is 0 Å². The fourth-order valence-electron chi connectivity index (χ4n) is 1.59. The van der Waals surface area contributed by atoms with E-state index in [2.05, 4.69) is 4.98 Å². The number of benzene rings is 1. The largest absolute Gasteiger partial charge is 0.324 e. The Balaban J connectivity index is 2.43. The van der Waals surface area contributed by atoms with Gasteiger partial charge in [-0.1, -0.05) is 29.8 Å². The van der Waals surface area contributed by atoms with Crippen molar-refractivity contribution in [2.75, 3.05) is 0 Å². The average molecular weight is 233 g/mol. The molecule has 0 saturated heterocycles. The highest BCUT2D eigenvalue weighted by molar-refractivity contribution is 6.31. The van der Waals surface area contributed by atoms with Crippen LogP contribution in [-0.2, 0) is 0 Å². The number of rotatable bonds is 2. The maximum Gasteiger partial charge on any atom is 0.0702 e. The Bertz CT molecular complexity index is 481. The lowest BCUT2D eigenvalue weighted by Gasteiger charge is -2.09. The van der Waals surface area contributed by atoms with Crippen LogP contribution in [0, 0.1) is 0 Å². The number of halogens is 1. The lowest BCUT2D eigenvalue weighted by Crippen LogP contribution is -2.05. The molecule has 0 spiro atoms. The van der Waals surface area contributed by atoms with Gasteiger partial charge in [-0.25, -0.2) is 0 Å². The zero-order chi connectivity index (χ0) is 11.5. The van der Waals surface area contributed by atoms with Gasteiger partial charge in [0.1, 0.15) is 0 Å². The summed E-state index contributed by atoms with van der Waals surface area (Å²) in [6.07, 6.45) is 1.77. The first-order valence-corrected chi connectivity index (χ1v) is 5.52. The molecule has 2 nitrogen and oxygen atoms in total. The van der Waals surface area contributed by atoms with E-state index in [0.717, 1.165) is 16.8 Å². The van der Waals surface area contributed by atoms with Crippen LogP contribution in [0.2, 0.25) is 5.02 Å². The number of hydrogen-bond acceptors (Lipinski definition) is 2. The van der Waals surface area contributed by atoms with Crippen LogP contribution in [0.4, 0.5) is 0 Å². The maximum absolute atomic E-state index is 6.17. The molecule has 82 valence electrons. The quantitative estimate of drug-likeness (QED) is 0.862. The highest BCUT2D eigenvalue weighted by Crippen LogP contribution is 2.27. The lowest BCUT2D eigenvalue weighted by atomic mass is 10.0. The summed E-state index contributed by atoms with van der Waals surface area (Å²) in [5.41, 5.74) is 8.69. The standard InChI is InChI=1S/C13H13ClN2/c1-9(15)11-6-5-10(8-12(11)14)13-4-2-3-7-16-13/h2-9H,15H2,1H3. The summed E-state index contributed by atoms with van der Waals surface area (Å²) in [5, 5.41) is 0.693. The van der Waals surface area contributed by atoms with Crippen molar-refractivity contribution >= 4 is 11.6 Å². The van der Waals surface area contributed by atoms with Crippen molar-refractivity contribution in [2.45, 2.75) is 13.0 Å². The number of pyridine rings is 1. The molecule has 1 aromatic carbocycles. The maximum atomic E-state index is 6.17. The van der Waals surface area contributed by atoms with Crippen molar-refractivity contribution in [3.63, 3.8) is 0 Å². The number of aromatic nitrogens is 1. The van der Waals surface area contributed by atoms with E-state index in [9.17, 15) is 0 Å². The molecule has 2 aromatic rings. The van der Waals surface area contributed by atoms with E-state index in [1.807, 2.05) is 43.3 Å². The number of nitrogens with two attached hydrogens (primary N) is 1. The summed E-state index contributed by atoms with van der Waals surface area (Å²) >= 11 is 6.17. The molecular weight excluding hydrogens is 220 g/mol. The van der Waals surface area contributed by atoms with Gasteiger partial charge >= 0.3 is 0 Å². The fourth-order valence-corrected chi connectivity index (χ4v) is 1.94. The van der Waals surface area contributed by atoms with Crippen molar-refractivity contribution in [3.8, 4) is 11.3 Å². The Kier molecular flexibility index (Phi) is 3.22. The zero-order valence-corrected chi connectivity index (χ0v) is 9.78. The van der Waals surface area contributed by atoms with E-state index in [-0.39, 0.29) is 6.04 Å². The Hall–Kier alpha value is -1.38. The molecule has 0 fully saturated rings. The van der Waals surface area contributed by atoms with E-state index in [1.54, 1.807) is 6.20 Å². The Morgan fingerprint density at radius 3 is 2.62 bits per heavy atom. The molecule has 1 heterocycles. The molecule has 0 bridgehead atoms. The highest BCUT2D eigenvalue weighted by Gasteiger charge is 2.07. The molecule has 16 heavy (non-hydrogen) atoms. The van der Waals surface area contributed by atoms with E-state index in [4.69, 9.17) is 17.3 Å². The van der Waals surface area contributed by atoms with Crippen LogP contribution in [0.15, 0.2) is 42.6 Å². The molecule has 3 heteroatoms. The van der Waals surface area contributed by atoms with Gasteiger partial charge in [0.25, 0.3) is 0 Å². The van der Waals surface area contributed by atoms with Crippen LogP contribution < -0.4 is 5.73 Å². The smallest absolute Gasteiger partial charge is 0.0702 e. The van der Waals surface area contributed by atoms with Gasteiger partial charge < -0.3 is 5.73 Å². The molecule has 2 rings (SSSR count). The molecule has 0 amide bonds. The first-order chi connectivity index (χ1) is 7.68. The van der Waals surface area contributed by atoms with Crippen LogP contribution in [0.1, 0.15) is 18.5 Å². The first kappa shape index (κ1) is 11.1. The number of hydrogen-bond donors (Lipinski definition) is 1. The molecule has 0 radical (unpaired) electrons. The SMILES string of the molecule is CC(N)c1ccc(-c2ccccn2)cc1Cl. The third-order valence-electron chi connectivity index (χ3n) is 2.45. The molecule has 0 aliphatic carbocycles. The minimum Gasteiger partial charge on any atom is -0.324 e. The van der Waals surface area contributed by atoms with Crippen LogP contribution in [-0.4, -0.2) is 4.98 Å². The Morgan fingerprint density at radius 1 is 1.25 bits per heavy atom. The van der Waals surface area contributed by atoms with E-state index < -0.39 is 0 Å². The lowest BCUT2D eigenvalue weighted by molar-refractivity contribution is 0.819. The van der Waals surface area contributed by atoms with Crippen LogP contribution in [0.25, 0.3) is 11.3 Å². The minimum atomic E-state index is -0.0507. The van der Waals surface area contributed by atoms with Crippen molar-refractivity contribution in [1.29, 1.82) is 0 Å². The summed E-state index contributed by atoms with van der Waals surface area (Å²) in [4.78, 5) is 4.27. The van der Waals surface area contributed by atoms with Gasteiger partial charge in [-0.05, 0) is 30.7 Å². The Labute approximate surface area is 100 Å². The van der Waals surface area contributed by atoms with E-state index in [1.165, 1.54) is 0 Å². The van der Waals surface area contributed by atoms with Gasteiger partial charge in [0.15, 0.2) is 0 Å². The molecule has 1 unspecified atom stereocenters. The predicted octanol–water partition coefficient (Wildman–Crippen LogP) is 3.42. The average Bonchev–Trinajstić information content (AvgIpc) is 2.29. The molecule has 0 saturated carbocycles. The number of nitrogens with zero attached hydrogens (tertiary/aromatic N) is 1. The van der Waals surface area contributed by atoms with Crippen molar-refractivity contribution in [1.82, 2.24) is 4.98 Å². The monoisotopic (exact) mass is 232 g/mol. The molecule has 0 aliphatic heterocycles. The van der Waals surface area contributed by atoms with Crippen LogP contribution >= 0.6 is 11.6 Å². The van der Waals surface area contributed by atoms with Gasteiger partial charge in [0.2, 0.25) is 0 Å². The summed E-state index contributed by atoms with van der Waals surface area (Å²) in [7, 11) is 0. The third kappa shape index (κ3) is 2.23. The Morgan fingerprint density at radius 2 is 2.06 bits per heavy atom. The second kappa shape index (κ2) is 4.64. The van der Waals surface area contributed by atoms with Gasteiger partial charge in [-0.15, -0.1) is 0 Å². The predicted molar refractivity (Wildman–Crippen MR) is 67.3 cm³/mol. The van der Waals surface area contributed by atoms with Crippen LogP contribution in [0.3, 0.4) is 0 Å². The molecule has 2 N–H and O–H groups in total. The van der Waals surface area contributed by atoms with Crippen molar-refractivity contribution < 1.29 is 0 Å². The highest BCUT2D eigenvalue weighted by atomic mass is 35.5. The second-order valence-corrected chi connectivity index (χ2v) is 4.15. The first-order valence-electron chi connectivity index (χ1n) is 5.15. The second-order valence-electron chi connectivity index (χ2n) is 3.74. The minimum absolute atomic E-state index is 0.0507.